The Balaban J connectivity index is 2.94. The van der Waals surface area contributed by atoms with Crippen LogP contribution < -0.4 is 0 Å². The zero-order valence-electron chi connectivity index (χ0n) is 5.33. The van der Waals surface area contributed by atoms with Gasteiger partial charge in [-0.05, 0) is 0 Å². The quantitative estimate of drug-likeness (QED) is 0.647. The summed E-state index contributed by atoms with van der Waals surface area (Å²) >= 11 is 1.03. The van der Waals surface area contributed by atoms with Gasteiger partial charge in [0.05, 0.1) is 0 Å². The fourth-order valence-electron chi connectivity index (χ4n) is 0.555. The van der Waals surface area contributed by atoms with Crippen molar-refractivity contribution in [3.8, 4) is 5.06 Å². The normalized spacial score (nSPS) is 10.6. The van der Waals surface area contributed by atoms with E-state index >= 15 is 0 Å². The fourth-order valence-corrected chi connectivity index (χ4v) is 1.13. The first-order valence-corrected chi connectivity index (χ1v) is 3.50. The van der Waals surface area contributed by atoms with E-state index in [4.69, 9.17) is 5.11 Å². The molecule has 0 aliphatic heterocycles. The molecule has 0 fully saturated rings. The van der Waals surface area contributed by atoms with Crippen molar-refractivity contribution >= 4 is 11.5 Å². The molecule has 9 heavy (non-hydrogen) atoms. The number of aromatic nitrogens is 2. The molecule has 0 unspecified atom stereocenters. The van der Waals surface area contributed by atoms with E-state index in [1.165, 1.54) is 0 Å². The lowest BCUT2D eigenvalue weighted by molar-refractivity contribution is 0.477. The van der Waals surface area contributed by atoms with Gasteiger partial charge in [-0.15, -0.1) is 5.10 Å². The average molecular weight is 144 g/mol. The van der Waals surface area contributed by atoms with Crippen molar-refractivity contribution in [2.45, 2.75) is 19.8 Å². The minimum atomic E-state index is 0.241. The first-order chi connectivity index (χ1) is 4.22. The molecule has 1 rings (SSSR count). The lowest BCUT2D eigenvalue weighted by atomic mass is 10.2. The third kappa shape index (κ3) is 1.18. The van der Waals surface area contributed by atoms with Crippen LogP contribution in [0.25, 0.3) is 0 Å². The Hall–Kier alpha value is -0.640. The monoisotopic (exact) mass is 144 g/mol. The van der Waals surface area contributed by atoms with Gasteiger partial charge in [0, 0.05) is 17.5 Å². The maximum Gasteiger partial charge on any atom is 0.215 e. The van der Waals surface area contributed by atoms with Crippen molar-refractivity contribution in [2.75, 3.05) is 0 Å². The zero-order valence-corrected chi connectivity index (χ0v) is 6.14. The van der Waals surface area contributed by atoms with Gasteiger partial charge >= 0.3 is 0 Å². The molecule has 0 bridgehead atoms. The smallest absolute Gasteiger partial charge is 0.215 e. The molecule has 1 aromatic rings. The molecule has 3 nitrogen and oxygen atoms in total. The van der Waals surface area contributed by atoms with E-state index in [1.54, 1.807) is 0 Å². The van der Waals surface area contributed by atoms with Crippen LogP contribution in [0, 0.1) is 0 Å². The molecule has 0 saturated heterocycles. The van der Waals surface area contributed by atoms with Crippen LogP contribution in [-0.4, -0.2) is 14.7 Å². The van der Waals surface area contributed by atoms with E-state index in [-0.39, 0.29) is 11.0 Å². The maximum absolute atomic E-state index is 9.01. The minimum absolute atomic E-state index is 0.241. The summed E-state index contributed by atoms with van der Waals surface area (Å²) in [6, 6.07) is 0. The molecule has 0 aromatic carbocycles. The highest BCUT2D eigenvalue weighted by molar-refractivity contribution is 7.07. The van der Waals surface area contributed by atoms with E-state index < -0.39 is 0 Å². The van der Waals surface area contributed by atoms with Gasteiger partial charge in [-0.25, -0.2) is 0 Å². The van der Waals surface area contributed by atoms with Crippen molar-refractivity contribution in [1.29, 1.82) is 0 Å². The molecule has 1 N–H and O–H groups in total. The lowest BCUT2D eigenvalue weighted by Crippen LogP contribution is -1.86. The summed E-state index contributed by atoms with van der Waals surface area (Å²) in [6.45, 7) is 3.94. The summed E-state index contributed by atoms with van der Waals surface area (Å²) in [6.07, 6.45) is 0. The standard InChI is InChI=1S/C5H8N2OS/c1-3(2)4-5(8)9-7-6-4/h3,8H,1-2H3. The number of hydrogen-bond acceptors (Lipinski definition) is 4. The van der Waals surface area contributed by atoms with Crippen LogP contribution in [0.2, 0.25) is 0 Å². The van der Waals surface area contributed by atoms with Gasteiger partial charge < -0.3 is 5.11 Å². The second kappa shape index (κ2) is 2.31. The van der Waals surface area contributed by atoms with Gasteiger partial charge in [-0.1, -0.05) is 18.3 Å². The van der Waals surface area contributed by atoms with Crippen molar-refractivity contribution in [1.82, 2.24) is 9.59 Å². The third-order valence-corrected chi connectivity index (χ3v) is 1.59. The van der Waals surface area contributed by atoms with Crippen molar-refractivity contribution in [3.05, 3.63) is 5.69 Å². The van der Waals surface area contributed by atoms with E-state index in [1.807, 2.05) is 13.8 Å². The Kier molecular flexibility index (Phi) is 1.66. The molecule has 0 radical (unpaired) electrons. The zero-order chi connectivity index (χ0) is 6.85. The summed E-state index contributed by atoms with van der Waals surface area (Å²) in [4.78, 5) is 0. The SMILES string of the molecule is CC(C)c1nnsc1O. The summed E-state index contributed by atoms with van der Waals surface area (Å²) in [7, 11) is 0. The number of nitrogens with zero attached hydrogens (tertiary/aromatic N) is 2. The Bertz CT molecular complexity index is 197. The van der Waals surface area contributed by atoms with Gasteiger partial charge in [-0.3, -0.25) is 0 Å². The first-order valence-electron chi connectivity index (χ1n) is 2.73. The summed E-state index contributed by atoms with van der Waals surface area (Å²) in [5, 5.41) is 13.0. The van der Waals surface area contributed by atoms with Crippen LogP contribution in [0.3, 0.4) is 0 Å². The molecule has 4 heteroatoms. The van der Waals surface area contributed by atoms with Gasteiger partial charge in [0.2, 0.25) is 5.06 Å². The maximum atomic E-state index is 9.01. The van der Waals surface area contributed by atoms with Crippen LogP contribution in [0.15, 0.2) is 0 Å². The minimum Gasteiger partial charge on any atom is -0.497 e. The summed E-state index contributed by atoms with van der Waals surface area (Å²) < 4.78 is 3.58. The van der Waals surface area contributed by atoms with Gasteiger partial charge in [0.1, 0.15) is 5.69 Å². The summed E-state index contributed by atoms with van der Waals surface area (Å²) in [5.74, 6) is 0.267. The molecule has 1 aromatic heterocycles. The summed E-state index contributed by atoms with van der Waals surface area (Å²) in [5.41, 5.74) is 0.694. The Morgan fingerprint density at radius 1 is 1.56 bits per heavy atom. The second-order valence-electron chi connectivity index (χ2n) is 2.12. The first kappa shape index (κ1) is 6.48. The lowest BCUT2D eigenvalue weighted by Gasteiger charge is -1.95. The van der Waals surface area contributed by atoms with Gasteiger partial charge in [0.25, 0.3) is 0 Å². The molecular weight excluding hydrogens is 136 g/mol. The van der Waals surface area contributed by atoms with E-state index in [0.717, 1.165) is 11.5 Å². The van der Waals surface area contributed by atoms with Crippen LogP contribution in [0.1, 0.15) is 25.5 Å². The van der Waals surface area contributed by atoms with Crippen molar-refractivity contribution in [3.63, 3.8) is 0 Å². The molecular formula is C5H8N2OS. The molecule has 0 spiro atoms. The second-order valence-corrected chi connectivity index (χ2v) is 2.85. The molecule has 0 aliphatic rings. The van der Waals surface area contributed by atoms with Crippen LogP contribution in [-0.2, 0) is 0 Å². The van der Waals surface area contributed by atoms with Crippen molar-refractivity contribution in [2.24, 2.45) is 0 Å². The average Bonchev–Trinajstić information content (AvgIpc) is 2.13. The van der Waals surface area contributed by atoms with Gasteiger partial charge in [0.15, 0.2) is 0 Å². The van der Waals surface area contributed by atoms with Crippen LogP contribution in [0.5, 0.6) is 5.06 Å². The Morgan fingerprint density at radius 3 is 2.44 bits per heavy atom. The highest BCUT2D eigenvalue weighted by atomic mass is 32.1. The molecule has 0 amide bonds. The highest BCUT2D eigenvalue weighted by Crippen LogP contribution is 2.25. The Morgan fingerprint density at radius 2 is 2.22 bits per heavy atom. The predicted octanol–water partition coefficient (Wildman–Crippen LogP) is 1.37. The molecule has 0 aliphatic carbocycles. The number of aromatic hydroxyl groups is 1. The molecule has 0 saturated carbocycles. The van der Waals surface area contributed by atoms with E-state index in [2.05, 4.69) is 9.59 Å². The number of hydrogen-bond donors (Lipinski definition) is 1. The van der Waals surface area contributed by atoms with Crippen LogP contribution >= 0.6 is 11.5 Å². The largest absolute Gasteiger partial charge is 0.497 e. The van der Waals surface area contributed by atoms with Crippen molar-refractivity contribution < 1.29 is 5.11 Å². The molecule has 1 heterocycles. The van der Waals surface area contributed by atoms with Gasteiger partial charge in [-0.2, -0.15) is 0 Å². The van der Waals surface area contributed by atoms with E-state index in [9.17, 15) is 0 Å². The predicted molar refractivity (Wildman–Crippen MR) is 35.7 cm³/mol. The topological polar surface area (TPSA) is 46.0 Å². The fraction of sp³-hybridized carbons (Fsp3) is 0.600. The molecule has 0 atom stereocenters. The molecule has 50 valence electrons. The third-order valence-electron chi connectivity index (χ3n) is 1.04. The van der Waals surface area contributed by atoms with Crippen LogP contribution in [0.4, 0.5) is 0 Å². The van der Waals surface area contributed by atoms with E-state index in [0.29, 0.717) is 5.69 Å². The Labute approximate surface area is 57.5 Å². The highest BCUT2D eigenvalue weighted by Gasteiger charge is 2.08. The number of rotatable bonds is 1.